The lowest BCUT2D eigenvalue weighted by molar-refractivity contribution is 0.403. The summed E-state index contributed by atoms with van der Waals surface area (Å²) in [5, 5.41) is 4.48. The Labute approximate surface area is 124 Å². The molecule has 0 radical (unpaired) electrons. The van der Waals surface area contributed by atoms with E-state index in [0.29, 0.717) is 0 Å². The summed E-state index contributed by atoms with van der Waals surface area (Å²) in [6.07, 6.45) is 3.34. The van der Waals surface area contributed by atoms with Crippen molar-refractivity contribution in [2.75, 3.05) is 19.4 Å². The molecule has 0 saturated heterocycles. The van der Waals surface area contributed by atoms with E-state index in [4.69, 9.17) is 4.74 Å². The second kappa shape index (κ2) is 7.87. The minimum atomic E-state index is 0.233. The number of thioether (sulfide) groups is 1. The van der Waals surface area contributed by atoms with Crippen LogP contribution < -0.4 is 10.1 Å². The maximum Gasteiger partial charge on any atom is 0.123 e. The van der Waals surface area contributed by atoms with Gasteiger partial charge in [-0.25, -0.2) is 9.97 Å². The Balaban J connectivity index is 2.10. The first-order valence-corrected chi connectivity index (χ1v) is 7.58. The Bertz CT molecular complexity index is 522. The molecule has 0 aliphatic heterocycles. The molecule has 5 heteroatoms. The molecule has 2 rings (SSSR count). The zero-order valence-corrected chi connectivity index (χ0v) is 12.6. The number of nitrogens with one attached hydrogen (secondary N) is 1. The summed E-state index contributed by atoms with van der Waals surface area (Å²) in [6, 6.07) is 10.3. The van der Waals surface area contributed by atoms with Crippen molar-refractivity contribution in [1.29, 1.82) is 0 Å². The van der Waals surface area contributed by atoms with E-state index < -0.39 is 0 Å². The molecule has 20 heavy (non-hydrogen) atoms. The monoisotopic (exact) mass is 289 g/mol. The van der Waals surface area contributed by atoms with E-state index in [2.05, 4.69) is 28.3 Å². The number of hydrogen-bond donors (Lipinski definition) is 1. The molecule has 4 nitrogen and oxygen atoms in total. The van der Waals surface area contributed by atoms with Crippen molar-refractivity contribution in [3.8, 4) is 5.75 Å². The van der Waals surface area contributed by atoms with Gasteiger partial charge in [-0.15, -0.1) is 11.8 Å². The van der Waals surface area contributed by atoms with Crippen LogP contribution in [0.2, 0.25) is 0 Å². The third-order valence-electron chi connectivity index (χ3n) is 2.92. The van der Waals surface area contributed by atoms with Crippen LogP contribution >= 0.6 is 11.8 Å². The average Bonchev–Trinajstić information content (AvgIpc) is 2.52. The second-order valence-electron chi connectivity index (χ2n) is 4.21. The Morgan fingerprint density at radius 2 is 2.15 bits per heavy atom. The lowest BCUT2D eigenvalue weighted by Crippen LogP contribution is -2.23. The van der Waals surface area contributed by atoms with Gasteiger partial charge in [-0.3, -0.25) is 0 Å². The Morgan fingerprint density at radius 3 is 2.85 bits per heavy atom. The normalized spacial score (nSPS) is 12.1. The van der Waals surface area contributed by atoms with E-state index in [1.807, 2.05) is 24.3 Å². The molecule has 1 aromatic heterocycles. The smallest absolute Gasteiger partial charge is 0.123 e. The number of benzene rings is 1. The van der Waals surface area contributed by atoms with E-state index in [1.54, 1.807) is 31.4 Å². The van der Waals surface area contributed by atoms with Gasteiger partial charge in [-0.1, -0.05) is 25.1 Å². The highest BCUT2D eigenvalue weighted by atomic mass is 32.2. The van der Waals surface area contributed by atoms with Crippen molar-refractivity contribution in [1.82, 2.24) is 15.3 Å². The fourth-order valence-electron chi connectivity index (χ4n) is 1.99. The molecular weight excluding hydrogens is 270 g/mol. The van der Waals surface area contributed by atoms with Gasteiger partial charge in [0.25, 0.3) is 0 Å². The molecule has 0 amide bonds. The van der Waals surface area contributed by atoms with Crippen molar-refractivity contribution in [2.24, 2.45) is 0 Å². The third-order valence-corrected chi connectivity index (χ3v) is 3.95. The van der Waals surface area contributed by atoms with Crippen molar-refractivity contribution in [3.05, 3.63) is 48.4 Å². The predicted octanol–water partition coefficient (Wildman–Crippen LogP) is 2.93. The maximum absolute atomic E-state index is 5.45. The molecule has 1 N–H and O–H groups in total. The zero-order chi connectivity index (χ0) is 14.2. The summed E-state index contributed by atoms with van der Waals surface area (Å²) in [4.78, 5) is 8.17. The average molecular weight is 289 g/mol. The van der Waals surface area contributed by atoms with E-state index in [9.17, 15) is 0 Å². The zero-order valence-electron chi connectivity index (χ0n) is 11.7. The highest BCUT2D eigenvalue weighted by Crippen LogP contribution is 2.29. The van der Waals surface area contributed by atoms with Gasteiger partial charge in [0.1, 0.15) is 12.1 Å². The fraction of sp³-hybridized carbons (Fsp3) is 0.333. The number of methoxy groups -OCH3 is 1. The molecule has 0 aliphatic carbocycles. The summed E-state index contributed by atoms with van der Waals surface area (Å²) in [6.45, 7) is 3.02. The third kappa shape index (κ3) is 3.95. The fourth-order valence-corrected chi connectivity index (χ4v) is 2.91. The SMILES string of the molecule is CCNC(CSc1ccncn1)c1ccccc1OC. The first-order valence-electron chi connectivity index (χ1n) is 6.60. The van der Waals surface area contributed by atoms with Crippen LogP contribution in [0.5, 0.6) is 5.75 Å². The van der Waals surface area contributed by atoms with Crippen LogP contribution in [0.25, 0.3) is 0 Å². The molecule has 0 fully saturated rings. The van der Waals surface area contributed by atoms with E-state index in [0.717, 1.165) is 23.1 Å². The summed E-state index contributed by atoms with van der Waals surface area (Å²) >= 11 is 1.71. The van der Waals surface area contributed by atoms with Crippen LogP contribution in [0, 0.1) is 0 Å². The number of nitrogens with zero attached hydrogens (tertiary/aromatic N) is 2. The molecule has 0 bridgehead atoms. The summed E-state index contributed by atoms with van der Waals surface area (Å²) < 4.78 is 5.45. The number of rotatable bonds is 7. The molecule has 106 valence electrons. The van der Waals surface area contributed by atoms with E-state index >= 15 is 0 Å². The van der Waals surface area contributed by atoms with Gasteiger partial charge in [0.2, 0.25) is 0 Å². The lowest BCUT2D eigenvalue weighted by atomic mass is 10.1. The Morgan fingerprint density at radius 1 is 1.30 bits per heavy atom. The molecule has 1 unspecified atom stereocenters. The van der Waals surface area contributed by atoms with Gasteiger partial charge in [0, 0.05) is 23.6 Å². The van der Waals surface area contributed by atoms with Gasteiger partial charge in [0.05, 0.1) is 12.1 Å². The van der Waals surface area contributed by atoms with Gasteiger partial charge in [-0.05, 0) is 18.7 Å². The summed E-state index contributed by atoms with van der Waals surface area (Å²) in [5.41, 5.74) is 1.18. The van der Waals surface area contributed by atoms with Crippen molar-refractivity contribution in [2.45, 2.75) is 18.0 Å². The molecule has 1 atom stereocenters. The summed E-state index contributed by atoms with van der Waals surface area (Å²) in [7, 11) is 1.71. The number of aromatic nitrogens is 2. The number of hydrogen-bond acceptors (Lipinski definition) is 5. The molecule has 0 spiro atoms. The maximum atomic E-state index is 5.45. The standard InChI is InChI=1S/C15H19N3OS/c1-3-17-13(10-20-15-8-9-16-11-18-15)12-6-4-5-7-14(12)19-2/h4-9,11,13,17H,3,10H2,1-2H3. The van der Waals surface area contributed by atoms with Crippen LogP contribution in [-0.4, -0.2) is 29.4 Å². The highest BCUT2D eigenvalue weighted by molar-refractivity contribution is 7.99. The largest absolute Gasteiger partial charge is 0.496 e. The van der Waals surface area contributed by atoms with Crippen LogP contribution in [0.3, 0.4) is 0 Å². The van der Waals surface area contributed by atoms with Gasteiger partial charge in [-0.2, -0.15) is 0 Å². The predicted molar refractivity (Wildman–Crippen MR) is 82.2 cm³/mol. The van der Waals surface area contributed by atoms with Crippen molar-refractivity contribution >= 4 is 11.8 Å². The van der Waals surface area contributed by atoms with Crippen LogP contribution in [-0.2, 0) is 0 Å². The van der Waals surface area contributed by atoms with Crippen LogP contribution in [0.4, 0.5) is 0 Å². The van der Waals surface area contributed by atoms with Crippen molar-refractivity contribution in [3.63, 3.8) is 0 Å². The minimum Gasteiger partial charge on any atom is -0.496 e. The van der Waals surface area contributed by atoms with E-state index in [-0.39, 0.29) is 6.04 Å². The lowest BCUT2D eigenvalue weighted by Gasteiger charge is -2.20. The molecule has 1 heterocycles. The van der Waals surface area contributed by atoms with Gasteiger partial charge < -0.3 is 10.1 Å². The topological polar surface area (TPSA) is 47.0 Å². The number of ether oxygens (including phenoxy) is 1. The Hall–Kier alpha value is -1.59. The molecule has 0 aliphatic rings. The van der Waals surface area contributed by atoms with E-state index in [1.165, 1.54) is 5.56 Å². The van der Waals surface area contributed by atoms with Crippen LogP contribution in [0.1, 0.15) is 18.5 Å². The quantitative estimate of drug-likeness (QED) is 0.627. The first kappa shape index (κ1) is 14.8. The number of para-hydroxylation sites is 1. The second-order valence-corrected chi connectivity index (χ2v) is 5.25. The molecule has 2 aromatic rings. The minimum absolute atomic E-state index is 0.233. The molecule has 1 aromatic carbocycles. The Kier molecular flexibility index (Phi) is 5.83. The van der Waals surface area contributed by atoms with Gasteiger partial charge in [0.15, 0.2) is 0 Å². The van der Waals surface area contributed by atoms with Gasteiger partial charge >= 0.3 is 0 Å². The molecule has 0 saturated carbocycles. The first-order chi connectivity index (χ1) is 9.85. The van der Waals surface area contributed by atoms with Crippen molar-refractivity contribution < 1.29 is 4.74 Å². The highest BCUT2D eigenvalue weighted by Gasteiger charge is 2.15. The summed E-state index contributed by atoms with van der Waals surface area (Å²) in [5.74, 6) is 1.81. The molecular formula is C15H19N3OS. The van der Waals surface area contributed by atoms with Crippen LogP contribution in [0.15, 0.2) is 47.9 Å².